The smallest absolute Gasteiger partial charge is 0.0615 e. The summed E-state index contributed by atoms with van der Waals surface area (Å²) < 4.78 is 10.7. The van der Waals surface area contributed by atoms with Gasteiger partial charge in [0.2, 0.25) is 0 Å². The lowest BCUT2D eigenvalue weighted by Crippen LogP contribution is -2.42. The zero-order chi connectivity index (χ0) is 9.80. The van der Waals surface area contributed by atoms with E-state index in [1.54, 1.807) is 7.11 Å². The minimum absolute atomic E-state index is 0.569. The first-order valence-corrected chi connectivity index (χ1v) is 5.70. The molecule has 0 bridgehead atoms. The molecule has 3 nitrogen and oxygen atoms in total. The van der Waals surface area contributed by atoms with Gasteiger partial charge in [-0.3, -0.25) is 0 Å². The summed E-state index contributed by atoms with van der Waals surface area (Å²) in [6, 6.07) is 0.569. The summed E-state index contributed by atoms with van der Waals surface area (Å²) >= 11 is 0. The summed E-state index contributed by atoms with van der Waals surface area (Å²) in [5.74, 6) is 1.68. The highest BCUT2D eigenvalue weighted by atomic mass is 16.5. The minimum Gasteiger partial charge on any atom is -0.383 e. The van der Waals surface area contributed by atoms with Gasteiger partial charge >= 0.3 is 0 Å². The SMILES string of the molecule is COCC1CC(C2CCOC2)CCN1. The van der Waals surface area contributed by atoms with Crippen molar-refractivity contribution in [2.45, 2.75) is 25.3 Å². The Labute approximate surface area is 86.2 Å². The second kappa shape index (κ2) is 5.10. The van der Waals surface area contributed by atoms with E-state index >= 15 is 0 Å². The van der Waals surface area contributed by atoms with E-state index in [0.29, 0.717) is 6.04 Å². The van der Waals surface area contributed by atoms with Crippen LogP contribution in [0.15, 0.2) is 0 Å². The van der Waals surface area contributed by atoms with E-state index in [1.165, 1.54) is 19.3 Å². The molecule has 0 radical (unpaired) electrons. The lowest BCUT2D eigenvalue weighted by Gasteiger charge is -2.32. The molecule has 82 valence electrons. The number of rotatable bonds is 3. The number of nitrogens with one attached hydrogen (secondary N) is 1. The third-order valence-corrected chi connectivity index (χ3v) is 3.53. The molecule has 0 saturated carbocycles. The van der Waals surface area contributed by atoms with Gasteiger partial charge in [-0.05, 0) is 37.6 Å². The average molecular weight is 199 g/mol. The molecule has 0 aromatic carbocycles. The number of hydrogen-bond acceptors (Lipinski definition) is 3. The normalized spacial score (nSPS) is 38.8. The Bertz CT molecular complexity index is 167. The standard InChI is InChI=1S/C11H21NO2/c1-13-8-11-6-9(2-4-12-11)10-3-5-14-7-10/h9-12H,2-8H2,1H3. The van der Waals surface area contributed by atoms with Crippen LogP contribution in [0.1, 0.15) is 19.3 Å². The maximum absolute atomic E-state index is 5.45. The van der Waals surface area contributed by atoms with Gasteiger partial charge in [0.25, 0.3) is 0 Å². The van der Waals surface area contributed by atoms with Crippen LogP contribution in [0.3, 0.4) is 0 Å². The third-order valence-electron chi connectivity index (χ3n) is 3.53. The molecule has 2 aliphatic heterocycles. The molecule has 3 heteroatoms. The summed E-state index contributed by atoms with van der Waals surface area (Å²) in [5, 5.41) is 3.51. The van der Waals surface area contributed by atoms with Gasteiger partial charge in [-0.1, -0.05) is 0 Å². The lowest BCUT2D eigenvalue weighted by atomic mass is 9.82. The second-order valence-corrected chi connectivity index (χ2v) is 4.51. The van der Waals surface area contributed by atoms with E-state index in [1.807, 2.05) is 0 Å². The van der Waals surface area contributed by atoms with Gasteiger partial charge < -0.3 is 14.8 Å². The summed E-state index contributed by atoms with van der Waals surface area (Å²) in [6.07, 6.45) is 3.85. The molecule has 2 aliphatic rings. The van der Waals surface area contributed by atoms with Crippen LogP contribution < -0.4 is 5.32 Å². The topological polar surface area (TPSA) is 30.5 Å². The zero-order valence-electron chi connectivity index (χ0n) is 9.00. The van der Waals surface area contributed by atoms with Gasteiger partial charge in [-0.25, -0.2) is 0 Å². The highest BCUT2D eigenvalue weighted by Gasteiger charge is 2.30. The molecule has 2 saturated heterocycles. The molecule has 0 amide bonds. The Morgan fingerprint density at radius 3 is 3.00 bits per heavy atom. The maximum Gasteiger partial charge on any atom is 0.0615 e. The van der Waals surface area contributed by atoms with Gasteiger partial charge in [0.05, 0.1) is 6.61 Å². The molecule has 2 heterocycles. The summed E-state index contributed by atoms with van der Waals surface area (Å²) in [6.45, 7) is 3.97. The maximum atomic E-state index is 5.45. The van der Waals surface area contributed by atoms with E-state index in [0.717, 1.165) is 38.2 Å². The van der Waals surface area contributed by atoms with Gasteiger partial charge in [-0.15, -0.1) is 0 Å². The van der Waals surface area contributed by atoms with Crippen LogP contribution in [-0.2, 0) is 9.47 Å². The molecule has 0 aromatic heterocycles. The van der Waals surface area contributed by atoms with E-state index < -0.39 is 0 Å². The van der Waals surface area contributed by atoms with Crippen molar-refractivity contribution in [1.82, 2.24) is 5.32 Å². The fourth-order valence-electron chi connectivity index (χ4n) is 2.72. The number of ether oxygens (including phenoxy) is 2. The van der Waals surface area contributed by atoms with Crippen LogP contribution in [0.2, 0.25) is 0 Å². The van der Waals surface area contributed by atoms with E-state index in [2.05, 4.69) is 5.32 Å². The van der Waals surface area contributed by atoms with Crippen molar-refractivity contribution in [2.75, 3.05) is 33.5 Å². The molecule has 1 N–H and O–H groups in total. The summed E-state index contributed by atoms with van der Waals surface area (Å²) in [5.41, 5.74) is 0. The predicted octanol–water partition coefficient (Wildman–Crippen LogP) is 1.04. The fraction of sp³-hybridized carbons (Fsp3) is 1.00. The lowest BCUT2D eigenvalue weighted by molar-refractivity contribution is 0.114. The first kappa shape index (κ1) is 10.4. The highest BCUT2D eigenvalue weighted by molar-refractivity contribution is 4.83. The molecule has 0 spiro atoms. The summed E-state index contributed by atoms with van der Waals surface area (Å²) in [7, 11) is 1.78. The van der Waals surface area contributed by atoms with Gasteiger partial charge in [0, 0.05) is 26.4 Å². The predicted molar refractivity (Wildman–Crippen MR) is 55.3 cm³/mol. The van der Waals surface area contributed by atoms with Crippen molar-refractivity contribution in [3.63, 3.8) is 0 Å². The first-order chi connectivity index (χ1) is 6.90. The van der Waals surface area contributed by atoms with Crippen LogP contribution >= 0.6 is 0 Å². The van der Waals surface area contributed by atoms with E-state index in [4.69, 9.17) is 9.47 Å². The molecule has 0 aliphatic carbocycles. The molecule has 3 unspecified atom stereocenters. The van der Waals surface area contributed by atoms with Crippen LogP contribution in [0.25, 0.3) is 0 Å². The van der Waals surface area contributed by atoms with Gasteiger partial charge in [0.1, 0.15) is 0 Å². The third kappa shape index (κ3) is 2.47. The quantitative estimate of drug-likeness (QED) is 0.736. The van der Waals surface area contributed by atoms with Gasteiger partial charge in [-0.2, -0.15) is 0 Å². The largest absolute Gasteiger partial charge is 0.383 e. The molecule has 14 heavy (non-hydrogen) atoms. The van der Waals surface area contributed by atoms with E-state index in [-0.39, 0.29) is 0 Å². The van der Waals surface area contributed by atoms with Crippen LogP contribution in [0.4, 0.5) is 0 Å². The van der Waals surface area contributed by atoms with Crippen LogP contribution in [0.5, 0.6) is 0 Å². The van der Waals surface area contributed by atoms with Crippen LogP contribution in [-0.4, -0.2) is 39.5 Å². The monoisotopic (exact) mass is 199 g/mol. The summed E-state index contributed by atoms with van der Waals surface area (Å²) in [4.78, 5) is 0. The van der Waals surface area contributed by atoms with Crippen molar-refractivity contribution in [3.8, 4) is 0 Å². The zero-order valence-corrected chi connectivity index (χ0v) is 9.00. The number of piperidine rings is 1. The Kier molecular flexibility index (Phi) is 3.79. The van der Waals surface area contributed by atoms with Crippen molar-refractivity contribution >= 4 is 0 Å². The number of hydrogen-bond donors (Lipinski definition) is 1. The van der Waals surface area contributed by atoms with Crippen molar-refractivity contribution in [2.24, 2.45) is 11.8 Å². The van der Waals surface area contributed by atoms with Gasteiger partial charge in [0.15, 0.2) is 0 Å². The molecular weight excluding hydrogens is 178 g/mol. The molecular formula is C11H21NO2. The second-order valence-electron chi connectivity index (χ2n) is 4.51. The minimum atomic E-state index is 0.569. The number of methoxy groups -OCH3 is 1. The molecule has 3 atom stereocenters. The first-order valence-electron chi connectivity index (χ1n) is 5.70. The Balaban J connectivity index is 1.80. The highest BCUT2D eigenvalue weighted by Crippen LogP contribution is 2.30. The average Bonchev–Trinajstić information content (AvgIpc) is 2.71. The Morgan fingerprint density at radius 1 is 1.36 bits per heavy atom. The van der Waals surface area contributed by atoms with Crippen molar-refractivity contribution in [3.05, 3.63) is 0 Å². The fourth-order valence-corrected chi connectivity index (χ4v) is 2.72. The molecule has 2 rings (SSSR count). The molecule has 0 aromatic rings. The van der Waals surface area contributed by atoms with Crippen molar-refractivity contribution in [1.29, 1.82) is 0 Å². The Hall–Kier alpha value is -0.120. The Morgan fingerprint density at radius 2 is 2.29 bits per heavy atom. The molecule has 2 fully saturated rings. The van der Waals surface area contributed by atoms with Crippen molar-refractivity contribution < 1.29 is 9.47 Å². The van der Waals surface area contributed by atoms with E-state index in [9.17, 15) is 0 Å². The van der Waals surface area contributed by atoms with Crippen LogP contribution in [0, 0.1) is 11.8 Å².